The lowest BCUT2D eigenvalue weighted by atomic mass is 10.1. The predicted octanol–water partition coefficient (Wildman–Crippen LogP) is 2.67. The SMILES string of the molecule is COC(C)(C)CCOc1ccc(N)c(C(C)=O)c1. The molecule has 0 aliphatic carbocycles. The minimum atomic E-state index is -0.211. The van der Waals surface area contributed by atoms with E-state index >= 15 is 0 Å². The summed E-state index contributed by atoms with van der Waals surface area (Å²) in [5.74, 6) is 0.594. The molecule has 1 rings (SSSR count). The quantitative estimate of drug-likeness (QED) is 0.623. The molecule has 4 nitrogen and oxygen atoms in total. The second kappa shape index (κ2) is 5.87. The van der Waals surface area contributed by atoms with Crippen LogP contribution >= 0.6 is 0 Å². The molecular formula is C14H21NO3. The van der Waals surface area contributed by atoms with E-state index in [2.05, 4.69) is 0 Å². The summed E-state index contributed by atoms with van der Waals surface area (Å²) >= 11 is 0. The third-order valence-electron chi connectivity index (χ3n) is 2.93. The molecule has 2 N–H and O–H groups in total. The van der Waals surface area contributed by atoms with Crippen LogP contribution in [0.3, 0.4) is 0 Å². The van der Waals surface area contributed by atoms with Crippen molar-refractivity contribution in [3.05, 3.63) is 23.8 Å². The van der Waals surface area contributed by atoms with E-state index in [1.165, 1.54) is 6.92 Å². The second-order valence-corrected chi connectivity index (χ2v) is 4.87. The van der Waals surface area contributed by atoms with Gasteiger partial charge in [0.25, 0.3) is 0 Å². The number of anilines is 1. The number of carbonyl (C=O) groups excluding carboxylic acids is 1. The average molecular weight is 251 g/mol. The molecule has 0 saturated heterocycles. The van der Waals surface area contributed by atoms with Crippen LogP contribution in [0, 0.1) is 0 Å². The van der Waals surface area contributed by atoms with Gasteiger partial charge in [0.15, 0.2) is 5.78 Å². The standard InChI is InChI=1S/C14H21NO3/c1-10(16)12-9-11(5-6-13(12)15)18-8-7-14(2,3)17-4/h5-6,9H,7-8,15H2,1-4H3. The molecule has 0 unspecified atom stereocenters. The maximum atomic E-state index is 11.3. The van der Waals surface area contributed by atoms with Crippen LogP contribution in [0.15, 0.2) is 18.2 Å². The zero-order chi connectivity index (χ0) is 13.8. The van der Waals surface area contributed by atoms with Gasteiger partial charge < -0.3 is 15.2 Å². The van der Waals surface area contributed by atoms with Crippen molar-refractivity contribution in [3.8, 4) is 5.75 Å². The Hall–Kier alpha value is -1.55. The summed E-state index contributed by atoms with van der Waals surface area (Å²) < 4.78 is 10.9. The van der Waals surface area contributed by atoms with Gasteiger partial charge in [-0.25, -0.2) is 0 Å². The smallest absolute Gasteiger partial charge is 0.162 e. The largest absolute Gasteiger partial charge is 0.493 e. The van der Waals surface area contributed by atoms with Crippen molar-refractivity contribution in [1.82, 2.24) is 0 Å². The minimum absolute atomic E-state index is 0.0600. The fourth-order valence-electron chi connectivity index (χ4n) is 1.45. The first-order valence-corrected chi connectivity index (χ1v) is 5.94. The predicted molar refractivity (Wildman–Crippen MR) is 72.1 cm³/mol. The number of rotatable bonds is 6. The maximum Gasteiger partial charge on any atom is 0.162 e. The number of carbonyl (C=O) groups is 1. The molecule has 1 aromatic rings. The number of benzene rings is 1. The van der Waals surface area contributed by atoms with E-state index in [-0.39, 0.29) is 11.4 Å². The molecule has 0 fully saturated rings. The molecule has 0 saturated carbocycles. The number of Topliss-reactive ketones (excluding diaryl/α,β-unsaturated/α-hetero) is 1. The third-order valence-corrected chi connectivity index (χ3v) is 2.93. The van der Waals surface area contributed by atoms with Gasteiger partial charge in [0.1, 0.15) is 5.75 Å². The molecule has 100 valence electrons. The van der Waals surface area contributed by atoms with Crippen LogP contribution in [0.5, 0.6) is 5.75 Å². The molecule has 0 bridgehead atoms. The maximum absolute atomic E-state index is 11.3. The van der Waals surface area contributed by atoms with Gasteiger partial charge in [0.05, 0.1) is 12.2 Å². The number of ketones is 1. The highest BCUT2D eigenvalue weighted by Crippen LogP contribution is 2.21. The molecule has 4 heteroatoms. The molecule has 0 heterocycles. The number of ether oxygens (including phenoxy) is 2. The van der Waals surface area contributed by atoms with Crippen molar-refractivity contribution in [2.45, 2.75) is 32.8 Å². The minimum Gasteiger partial charge on any atom is -0.493 e. The summed E-state index contributed by atoms with van der Waals surface area (Å²) in [6, 6.07) is 5.13. The van der Waals surface area contributed by atoms with Gasteiger partial charge in [-0.1, -0.05) is 0 Å². The number of methoxy groups -OCH3 is 1. The summed E-state index contributed by atoms with van der Waals surface area (Å²) in [5.41, 5.74) is 6.48. The first kappa shape index (κ1) is 14.5. The van der Waals surface area contributed by atoms with Gasteiger partial charge in [-0.2, -0.15) is 0 Å². The van der Waals surface area contributed by atoms with Crippen molar-refractivity contribution < 1.29 is 14.3 Å². The van der Waals surface area contributed by atoms with Crippen molar-refractivity contribution in [1.29, 1.82) is 0 Å². The number of hydrogen-bond acceptors (Lipinski definition) is 4. The first-order chi connectivity index (χ1) is 8.35. The monoisotopic (exact) mass is 251 g/mol. The Morgan fingerprint density at radius 2 is 2.06 bits per heavy atom. The number of nitrogen functional groups attached to an aromatic ring is 1. The van der Waals surface area contributed by atoms with E-state index in [1.54, 1.807) is 25.3 Å². The number of nitrogens with two attached hydrogens (primary N) is 1. The van der Waals surface area contributed by atoms with E-state index in [0.717, 1.165) is 6.42 Å². The molecule has 0 spiro atoms. The van der Waals surface area contributed by atoms with Crippen LogP contribution in [0.2, 0.25) is 0 Å². The molecule has 0 aliphatic rings. The van der Waals surface area contributed by atoms with Crippen LogP contribution in [0.1, 0.15) is 37.6 Å². The van der Waals surface area contributed by atoms with Crippen LogP contribution in [0.25, 0.3) is 0 Å². The van der Waals surface area contributed by atoms with Crippen LogP contribution in [-0.4, -0.2) is 25.1 Å². The Morgan fingerprint density at radius 3 is 2.61 bits per heavy atom. The molecule has 0 aromatic heterocycles. The Labute approximate surface area is 108 Å². The van der Waals surface area contributed by atoms with E-state index < -0.39 is 0 Å². The Bertz CT molecular complexity index is 427. The molecule has 1 aromatic carbocycles. The fourth-order valence-corrected chi connectivity index (χ4v) is 1.45. The third kappa shape index (κ3) is 4.04. The molecule has 0 aliphatic heterocycles. The molecule has 0 amide bonds. The number of hydrogen-bond donors (Lipinski definition) is 1. The van der Waals surface area contributed by atoms with Gasteiger partial charge in [0.2, 0.25) is 0 Å². The van der Waals surface area contributed by atoms with Gasteiger partial charge in [-0.05, 0) is 39.0 Å². The molecular weight excluding hydrogens is 230 g/mol. The van der Waals surface area contributed by atoms with E-state index in [0.29, 0.717) is 23.6 Å². The summed E-state index contributed by atoms with van der Waals surface area (Å²) in [6.45, 7) is 6.02. The van der Waals surface area contributed by atoms with Crippen molar-refractivity contribution in [3.63, 3.8) is 0 Å². The Morgan fingerprint density at radius 1 is 1.39 bits per heavy atom. The lowest BCUT2D eigenvalue weighted by Gasteiger charge is -2.22. The van der Waals surface area contributed by atoms with E-state index in [9.17, 15) is 4.79 Å². The second-order valence-electron chi connectivity index (χ2n) is 4.87. The lowest BCUT2D eigenvalue weighted by molar-refractivity contribution is 0.00544. The van der Waals surface area contributed by atoms with E-state index in [4.69, 9.17) is 15.2 Å². The Kier molecular flexibility index (Phi) is 4.73. The highest BCUT2D eigenvalue weighted by Gasteiger charge is 2.16. The summed E-state index contributed by atoms with van der Waals surface area (Å²) in [6.07, 6.45) is 0.767. The normalized spacial score (nSPS) is 11.3. The van der Waals surface area contributed by atoms with Crippen LogP contribution in [0.4, 0.5) is 5.69 Å². The molecule has 18 heavy (non-hydrogen) atoms. The van der Waals surface area contributed by atoms with Crippen LogP contribution < -0.4 is 10.5 Å². The van der Waals surface area contributed by atoms with E-state index in [1.807, 2.05) is 13.8 Å². The van der Waals surface area contributed by atoms with Gasteiger partial charge in [-0.3, -0.25) is 4.79 Å². The zero-order valence-electron chi connectivity index (χ0n) is 11.4. The highest BCUT2D eigenvalue weighted by atomic mass is 16.5. The lowest BCUT2D eigenvalue weighted by Crippen LogP contribution is -2.25. The van der Waals surface area contributed by atoms with Gasteiger partial charge in [0, 0.05) is 24.8 Å². The van der Waals surface area contributed by atoms with Crippen molar-refractivity contribution in [2.75, 3.05) is 19.5 Å². The molecule has 0 atom stereocenters. The fraction of sp³-hybridized carbons (Fsp3) is 0.500. The topological polar surface area (TPSA) is 61.6 Å². The van der Waals surface area contributed by atoms with Gasteiger partial charge in [-0.15, -0.1) is 0 Å². The Balaban J connectivity index is 2.64. The van der Waals surface area contributed by atoms with Crippen molar-refractivity contribution >= 4 is 11.5 Å². The molecule has 0 radical (unpaired) electrons. The summed E-state index contributed by atoms with van der Waals surface area (Å²) in [5, 5.41) is 0. The zero-order valence-corrected chi connectivity index (χ0v) is 11.4. The van der Waals surface area contributed by atoms with Gasteiger partial charge >= 0.3 is 0 Å². The highest BCUT2D eigenvalue weighted by molar-refractivity contribution is 5.99. The average Bonchev–Trinajstić information content (AvgIpc) is 2.31. The first-order valence-electron chi connectivity index (χ1n) is 5.94. The summed E-state index contributed by atoms with van der Waals surface area (Å²) in [7, 11) is 1.68. The van der Waals surface area contributed by atoms with Crippen molar-refractivity contribution in [2.24, 2.45) is 0 Å². The summed E-state index contributed by atoms with van der Waals surface area (Å²) in [4.78, 5) is 11.3. The van der Waals surface area contributed by atoms with Crippen LogP contribution in [-0.2, 0) is 4.74 Å².